The summed E-state index contributed by atoms with van der Waals surface area (Å²) in [4.78, 5) is 11.9. The summed E-state index contributed by atoms with van der Waals surface area (Å²) >= 11 is 1.47. The van der Waals surface area contributed by atoms with E-state index in [4.69, 9.17) is 5.11 Å². The summed E-state index contributed by atoms with van der Waals surface area (Å²) in [5, 5.41) is 10.9. The first-order valence-electron chi connectivity index (χ1n) is 5.74. The largest absolute Gasteiger partial charge is 0.481 e. The van der Waals surface area contributed by atoms with Crippen molar-refractivity contribution in [1.29, 1.82) is 0 Å². The maximum atomic E-state index is 12.7. The predicted molar refractivity (Wildman–Crippen MR) is 69.8 cm³/mol. The molecule has 2 rings (SSSR count). The normalized spacial score (nSPS) is 25.3. The summed E-state index contributed by atoms with van der Waals surface area (Å²) < 4.78 is 12.7. The molecule has 0 heterocycles. The molecule has 1 fully saturated rings. The first-order chi connectivity index (χ1) is 8.43. The summed E-state index contributed by atoms with van der Waals surface area (Å²) in [6.45, 7) is 3.92. The standard InChI is InChI=1S/C14H15FO2S/c1-14(2)11(12(14)13(16)17)7-8-18-10-5-3-9(15)4-6-10/h3-8,11-12H,1-2H3,(H,16,17)/b8-7+/t11-,12-/m0/s1. The van der Waals surface area contributed by atoms with Crippen molar-refractivity contribution in [3.05, 3.63) is 41.6 Å². The molecule has 4 heteroatoms. The number of allylic oxidation sites excluding steroid dienone is 1. The molecule has 0 bridgehead atoms. The lowest BCUT2D eigenvalue weighted by molar-refractivity contribution is -0.139. The molecule has 0 spiro atoms. The van der Waals surface area contributed by atoms with Gasteiger partial charge in [0.15, 0.2) is 0 Å². The van der Waals surface area contributed by atoms with Crippen LogP contribution >= 0.6 is 11.8 Å². The number of carboxylic acid groups (broad SMARTS) is 1. The predicted octanol–water partition coefficient (Wildman–Crippen LogP) is 3.79. The number of hydrogen-bond acceptors (Lipinski definition) is 2. The molecular weight excluding hydrogens is 251 g/mol. The van der Waals surface area contributed by atoms with Crippen molar-refractivity contribution < 1.29 is 14.3 Å². The lowest BCUT2D eigenvalue weighted by Crippen LogP contribution is -2.02. The van der Waals surface area contributed by atoms with E-state index in [0.717, 1.165) is 4.90 Å². The van der Waals surface area contributed by atoms with E-state index in [9.17, 15) is 9.18 Å². The zero-order valence-electron chi connectivity index (χ0n) is 10.3. The van der Waals surface area contributed by atoms with Crippen LogP contribution in [0.4, 0.5) is 4.39 Å². The molecule has 1 aromatic carbocycles. The Balaban J connectivity index is 1.93. The Morgan fingerprint density at radius 1 is 1.39 bits per heavy atom. The average Bonchev–Trinajstić information content (AvgIpc) is 2.84. The van der Waals surface area contributed by atoms with Crippen molar-refractivity contribution in [3.63, 3.8) is 0 Å². The van der Waals surface area contributed by atoms with Crippen molar-refractivity contribution in [2.45, 2.75) is 18.7 Å². The molecule has 0 aliphatic heterocycles. The topological polar surface area (TPSA) is 37.3 Å². The van der Waals surface area contributed by atoms with Gasteiger partial charge >= 0.3 is 5.97 Å². The fourth-order valence-corrected chi connectivity index (χ4v) is 2.92. The maximum Gasteiger partial charge on any atom is 0.307 e. The number of thioether (sulfide) groups is 1. The fourth-order valence-electron chi connectivity index (χ4n) is 2.22. The monoisotopic (exact) mass is 266 g/mol. The lowest BCUT2D eigenvalue weighted by atomic mass is 10.1. The third kappa shape index (κ3) is 2.58. The van der Waals surface area contributed by atoms with Gasteiger partial charge in [-0.15, -0.1) is 0 Å². The Hall–Kier alpha value is -1.29. The molecule has 1 aliphatic carbocycles. The zero-order chi connectivity index (χ0) is 13.3. The molecule has 2 atom stereocenters. The molecule has 18 heavy (non-hydrogen) atoms. The van der Waals surface area contributed by atoms with Crippen molar-refractivity contribution in [2.24, 2.45) is 17.3 Å². The van der Waals surface area contributed by atoms with Gasteiger partial charge in [-0.25, -0.2) is 4.39 Å². The number of carbonyl (C=O) groups is 1. The highest BCUT2D eigenvalue weighted by Crippen LogP contribution is 2.59. The van der Waals surface area contributed by atoms with E-state index in [0.29, 0.717) is 0 Å². The van der Waals surface area contributed by atoms with Gasteiger partial charge in [0, 0.05) is 4.90 Å². The highest BCUT2D eigenvalue weighted by Gasteiger charge is 2.60. The molecule has 1 N–H and O–H groups in total. The third-order valence-electron chi connectivity index (χ3n) is 3.48. The number of aliphatic carboxylic acids is 1. The van der Waals surface area contributed by atoms with Gasteiger partial charge in [0.05, 0.1) is 5.92 Å². The van der Waals surface area contributed by atoms with Crippen LogP contribution in [0.3, 0.4) is 0 Å². The van der Waals surface area contributed by atoms with Gasteiger partial charge in [0.2, 0.25) is 0 Å². The van der Waals surface area contributed by atoms with Crippen LogP contribution in [0.5, 0.6) is 0 Å². The van der Waals surface area contributed by atoms with Crippen molar-refractivity contribution in [3.8, 4) is 0 Å². The van der Waals surface area contributed by atoms with E-state index in [-0.39, 0.29) is 23.1 Å². The Kier molecular flexibility index (Phi) is 3.48. The highest BCUT2D eigenvalue weighted by atomic mass is 32.2. The minimum atomic E-state index is -0.735. The number of rotatable bonds is 4. The van der Waals surface area contributed by atoms with Crippen LogP contribution in [0.1, 0.15) is 13.8 Å². The van der Waals surface area contributed by atoms with Crippen LogP contribution in [0.2, 0.25) is 0 Å². The molecule has 0 amide bonds. The van der Waals surface area contributed by atoms with Gasteiger partial charge < -0.3 is 5.11 Å². The SMILES string of the molecule is CC1(C)[C@H](C(=O)O)[C@@H]1/C=C/Sc1ccc(F)cc1. The van der Waals surface area contributed by atoms with Crippen LogP contribution in [0.15, 0.2) is 40.6 Å². The number of carboxylic acids is 1. The second-order valence-electron chi connectivity index (χ2n) is 5.06. The second kappa shape index (κ2) is 4.76. The van der Waals surface area contributed by atoms with Gasteiger partial charge in [-0.05, 0) is 41.0 Å². The summed E-state index contributed by atoms with van der Waals surface area (Å²) in [6.07, 6.45) is 1.94. The van der Waals surface area contributed by atoms with Gasteiger partial charge in [-0.1, -0.05) is 31.7 Å². The van der Waals surface area contributed by atoms with E-state index >= 15 is 0 Å². The van der Waals surface area contributed by atoms with Crippen LogP contribution in [0.25, 0.3) is 0 Å². The Labute approximate surface area is 110 Å². The summed E-state index contributed by atoms with van der Waals surface area (Å²) in [5.41, 5.74) is -0.161. The number of halogens is 1. The highest BCUT2D eigenvalue weighted by molar-refractivity contribution is 8.02. The van der Waals surface area contributed by atoms with Gasteiger partial charge in [-0.3, -0.25) is 4.79 Å². The Morgan fingerprint density at radius 3 is 2.50 bits per heavy atom. The molecule has 1 saturated carbocycles. The van der Waals surface area contributed by atoms with Crippen LogP contribution in [0, 0.1) is 23.1 Å². The Bertz CT molecular complexity index is 479. The number of hydrogen-bond donors (Lipinski definition) is 1. The van der Waals surface area contributed by atoms with E-state index < -0.39 is 5.97 Å². The second-order valence-corrected chi connectivity index (χ2v) is 6.04. The van der Waals surface area contributed by atoms with E-state index in [2.05, 4.69) is 0 Å². The van der Waals surface area contributed by atoms with E-state index in [1.807, 2.05) is 25.3 Å². The zero-order valence-corrected chi connectivity index (χ0v) is 11.1. The smallest absolute Gasteiger partial charge is 0.307 e. The van der Waals surface area contributed by atoms with Crippen LogP contribution in [-0.4, -0.2) is 11.1 Å². The maximum absolute atomic E-state index is 12.7. The van der Waals surface area contributed by atoms with Crippen LogP contribution < -0.4 is 0 Å². The Morgan fingerprint density at radius 2 is 2.00 bits per heavy atom. The van der Waals surface area contributed by atoms with Crippen molar-refractivity contribution in [2.75, 3.05) is 0 Å². The third-order valence-corrected chi connectivity index (χ3v) is 4.32. The molecule has 96 valence electrons. The first-order valence-corrected chi connectivity index (χ1v) is 6.62. The van der Waals surface area contributed by atoms with Crippen molar-refractivity contribution in [1.82, 2.24) is 0 Å². The molecule has 2 nitrogen and oxygen atoms in total. The quantitative estimate of drug-likeness (QED) is 0.842. The molecular formula is C14H15FO2S. The summed E-state index contributed by atoms with van der Waals surface area (Å²) in [6, 6.07) is 6.24. The van der Waals surface area contributed by atoms with Crippen LogP contribution in [-0.2, 0) is 4.79 Å². The molecule has 1 aromatic rings. The van der Waals surface area contributed by atoms with Gasteiger partial charge in [0.25, 0.3) is 0 Å². The minimum Gasteiger partial charge on any atom is -0.481 e. The van der Waals surface area contributed by atoms with E-state index in [1.54, 1.807) is 12.1 Å². The average molecular weight is 266 g/mol. The summed E-state index contributed by atoms with van der Waals surface area (Å²) in [5.74, 6) is -1.19. The molecule has 0 unspecified atom stereocenters. The first kappa shape index (κ1) is 13.1. The minimum absolute atomic E-state index is 0.0861. The number of benzene rings is 1. The van der Waals surface area contributed by atoms with Gasteiger partial charge in [-0.2, -0.15) is 0 Å². The fraction of sp³-hybridized carbons (Fsp3) is 0.357. The van der Waals surface area contributed by atoms with E-state index in [1.165, 1.54) is 23.9 Å². The molecule has 0 aromatic heterocycles. The lowest BCUT2D eigenvalue weighted by Gasteiger charge is -1.97. The molecule has 0 saturated heterocycles. The molecule has 1 aliphatic rings. The summed E-state index contributed by atoms with van der Waals surface area (Å²) in [7, 11) is 0. The van der Waals surface area contributed by atoms with Gasteiger partial charge in [0.1, 0.15) is 5.82 Å². The van der Waals surface area contributed by atoms with Crippen molar-refractivity contribution >= 4 is 17.7 Å². The molecule has 0 radical (unpaired) electrons.